The third-order valence-corrected chi connectivity index (χ3v) is 3.51. The Morgan fingerprint density at radius 1 is 1.40 bits per heavy atom. The molecule has 0 aromatic heterocycles. The Labute approximate surface area is 93.3 Å². The number of rotatable bonds is 1. The second-order valence-corrected chi connectivity index (χ2v) is 5.64. The van der Waals surface area contributed by atoms with E-state index in [1.54, 1.807) is 6.07 Å². The Bertz CT molecular complexity index is 480. The second-order valence-electron chi connectivity index (χ2n) is 3.08. The predicted molar refractivity (Wildman–Crippen MR) is 54.3 cm³/mol. The van der Waals surface area contributed by atoms with Crippen molar-refractivity contribution in [3.8, 4) is 0 Å². The SMILES string of the molecule is O=C1OC(P(=O)(O)O)c2cc(Br)ccc21. The van der Waals surface area contributed by atoms with Crippen molar-refractivity contribution < 1.29 is 23.9 Å². The van der Waals surface area contributed by atoms with E-state index in [4.69, 9.17) is 9.79 Å². The predicted octanol–water partition coefficient (Wildman–Crippen LogP) is 1.80. The standard InChI is InChI=1S/C8H6BrO5P/c9-4-1-2-5-6(3-4)8(14-7(5)10)15(11,12)13/h1-3,8H,(H2,11,12,13). The van der Waals surface area contributed by atoms with Gasteiger partial charge < -0.3 is 14.5 Å². The van der Waals surface area contributed by atoms with Crippen molar-refractivity contribution in [2.24, 2.45) is 0 Å². The molecule has 1 aliphatic heterocycles. The number of fused-ring (bicyclic) bond motifs is 1. The molecule has 0 spiro atoms. The minimum absolute atomic E-state index is 0.200. The van der Waals surface area contributed by atoms with E-state index in [0.717, 1.165) is 0 Å². The van der Waals surface area contributed by atoms with E-state index in [-0.39, 0.29) is 11.1 Å². The van der Waals surface area contributed by atoms with Gasteiger partial charge in [0.2, 0.25) is 5.85 Å². The van der Waals surface area contributed by atoms with Crippen molar-refractivity contribution in [2.75, 3.05) is 0 Å². The molecule has 1 aromatic carbocycles. The molecule has 0 saturated heterocycles. The van der Waals surface area contributed by atoms with Crippen LogP contribution in [-0.2, 0) is 9.30 Å². The van der Waals surface area contributed by atoms with Gasteiger partial charge in [-0.3, -0.25) is 4.57 Å². The third kappa shape index (κ3) is 1.86. The van der Waals surface area contributed by atoms with Crippen LogP contribution in [0.25, 0.3) is 0 Å². The van der Waals surface area contributed by atoms with E-state index in [2.05, 4.69) is 20.7 Å². The highest BCUT2D eigenvalue weighted by Crippen LogP contribution is 2.56. The van der Waals surface area contributed by atoms with Crippen molar-refractivity contribution in [2.45, 2.75) is 5.85 Å². The van der Waals surface area contributed by atoms with Crippen molar-refractivity contribution in [1.29, 1.82) is 0 Å². The minimum Gasteiger partial charge on any atom is -0.441 e. The summed E-state index contributed by atoms with van der Waals surface area (Å²) in [6.45, 7) is 0. The lowest BCUT2D eigenvalue weighted by Gasteiger charge is -2.11. The fourth-order valence-corrected chi connectivity index (χ4v) is 2.59. The Kier molecular flexibility index (Phi) is 2.47. The zero-order valence-corrected chi connectivity index (χ0v) is 9.73. The molecule has 1 aliphatic rings. The second kappa shape index (κ2) is 3.42. The molecule has 0 amide bonds. The Morgan fingerprint density at radius 3 is 2.67 bits per heavy atom. The summed E-state index contributed by atoms with van der Waals surface area (Å²) in [5, 5.41) is 0. The van der Waals surface area contributed by atoms with Crippen LogP contribution in [-0.4, -0.2) is 15.8 Å². The Balaban J connectivity index is 2.58. The van der Waals surface area contributed by atoms with Gasteiger partial charge in [-0.05, 0) is 18.2 Å². The zero-order chi connectivity index (χ0) is 11.2. The first-order chi connectivity index (χ1) is 6.89. The molecule has 1 unspecified atom stereocenters. The summed E-state index contributed by atoms with van der Waals surface area (Å²) < 4.78 is 16.3. The lowest BCUT2D eigenvalue weighted by molar-refractivity contribution is 0.0471. The molecule has 0 saturated carbocycles. The van der Waals surface area contributed by atoms with Crippen LogP contribution in [0, 0.1) is 0 Å². The number of cyclic esters (lactones) is 1. The van der Waals surface area contributed by atoms with Gasteiger partial charge in [0.25, 0.3) is 0 Å². The van der Waals surface area contributed by atoms with Gasteiger partial charge in [-0.2, -0.15) is 0 Å². The van der Waals surface area contributed by atoms with Crippen LogP contribution in [0.4, 0.5) is 0 Å². The summed E-state index contributed by atoms with van der Waals surface area (Å²) in [5.41, 5.74) is 0.425. The molecular formula is C8H6BrO5P. The summed E-state index contributed by atoms with van der Waals surface area (Å²) in [6, 6.07) is 4.56. The summed E-state index contributed by atoms with van der Waals surface area (Å²) >= 11 is 3.16. The van der Waals surface area contributed by atoms with E-state index in [9.17, 15) is 9.36 Å². The number of halogens is 1. The zero-order valence-electron chi connectivity index (χ0n) is 7.25. The number of esters is 1. The number of carbonyl (C=O) groups excluding carboxylic acids is 1. The first-order valence-corrected chi connectivity index (χ1v) is 6.42. The number of hydrogen-bond donors (Lipinski definition) is 2. The number of benzene rings is 1. The van der Waals surface area contributed by atoms with Gasteiger partial charge in [0, 0.05) is 10.0 Å². The van der Waals surface area contributed by atoms with Crippen LogP contribution >= 0.6 is 23.5 Å². The first-order valence-electron chi connectivity index (χ1n) is 3.95. The van der Waals surface area contributed by atoms with E-state index >= 15 is 0 Å². The van der Waals surface area contributed by atoms with Crippen LogP contribution in [0.5, 0.6) is 0 Å². The average Bonchev–Trinajstić information content (AvgIpc) is 2.42. The van der Waals surface area contributed by atoms with Crippen LogP contribution in [0.2, 0.25) is 0 Å². The van der Waals surface area contributed by atoms with E-state index in [0.29, 0.717) is 4.47 Å². The highest BCUT2D eigenvalue weighted by molar-refractivity contribution is 9.10. The van der Waals surface area contributed by atoms with Crippen molar-refractivity contribution >= 4 is 29.5 Å². The quantitative estimate of drug-likeness (QED) is 0.609. The lowest BCUT2D eigenvalue weighted by Crippen LogP contribution is -1.99. The molecule has 2 N–H and O–H groups in total. The fraction of sp³-hybridized carbons (Fsp3) is 0.125. The summed E-state index contributed by atoms with van der Waals surface area (Å²) in [6.07, 6.45) is 0. The van der Waals surface area contributed by atoms with Crippen molar-refractivity contribution in [3.05, 3.63) is 33.8 Å². The molecule has 0 aliphatic carbocycles. The molecule has 1 aromatic rings. The van der Waals surface area contributed by atoms with Crippen molar-refractivity contribution in [1.82, 2.24) is 0 Å². The maximum absolute atomic E-state index is 11.3. The van der Waals surface area contributed by atoms with Gasteiger partial charge in [0.05, 0.1) is 5.56 Å². The summed E-state index contributed by atoms with van der Waals surface area (Å²) in [7, 11) is -4.47. The van der Waals surface area contributed by atoms with E-state index < -0.39 is 19.4 Å². The summed E-state index contributed by atoms with van der Waals surface area (Å²) in [4.78, 5) is 29.2. The maximum Gasteiger partial charge on any atom is 0.370 e. The minimum atomic E-state index is -4.47. The largest absolute Gasteiger partial charge is 0.441 e. The van der Waals surface area contributed by atoms with E-state index in [1.165, 1.54) is 12.1 Å². The molecule has 1 atom stereocenters. The van der Waals surface area contributed by atoms with Gasteiger partial charge in [-0.1, -0.05) is 15.9 Å². The smallest absolute Gasteiger partial charge is 0.370 e. The summed E-state index contributed by atoms with van der Waals surface area (Å²) in [5.74, 6) is -2.18. The molecule has 2 rings (SSSR count). The molecular weight excluding hydrogens is 287 g/mol. The van der Waals surface area contributed by atoms with Crippen LogP contribution < -0.4 is 0 Å². The van der Waals surface area contributed by atoms with Gasteiger partial charge in [-0.15, -0.1) is 0 Å². The molecule has 5 nitrogen and oxygen atoms in total. The van der Waals surface area contributed by atoms with Crippen LogP contribution in [0.1, 0.15) is 21.8 Å². The molecule has 0 bridgehead atoms. The topological polar surface area (TPSA) is 83.8 Å². The highest BCUT2D eigenvalue weighted by atomic mass is 79.9. The van der Waals surface area contributed by atoms with Crippen LogP contribution in [0.15, 0.2) is 22.7 Å². The lowest BCUT2D eigenvalue weighted by atomic mass is 10.1. The number of hydrogen-bond acceptors (Lipinski definition) is 3. The molecule has 0 radical (unpaired) electrons. The van der Waals surface area contributed by atoms with Crippen LogP contribution in [0.3, 0.4) is 0 Å². The van der Waals surface area contributed by atoms with Crippen molar-refractivity contribution in [3.63, 3.8) is 0 Å². The molecule has 80 valence electrons. The normalized spacial score (nSPS) is 19.9. The highest BCUT2D eigenvalue weighted by Gasteiger charge is 2.42. The number of ether oxygens (including phenoxy) is 1. The maximum atomic E-state index is 11.3. The van der Waals surface area contributed by atoms with Gasteiger partial charge in [0.1, 0.15) is 0 Å². The average molecular weight is 293 g/mol. The van der Waals surface area contributed by atoms with Gasteiger partial charge in [-0.25, -0.2) is 4.79 Å². The van der Waals surface area contributed by atoms with Gasteiger partial charge >= 0.3 is 13.6 Å². The molecule has 7 heteroatoms. The first kappa shape index (κ1) is 10.8. The fourth-order valence-electron chi connectivity index (χ4n) is 1.40. The third-order valence-electron chi connectivity index (χ3n) is 2.02. The monoisotopic (exact) mass is 292 g/mol. The van der Waals surface area contributed by atoms with E-state index in [1.807, 2.05) is 0 Å². The molecule has 1 heterocycles. The number of carbonyl (C=O) groups is 1. The van der Waals surface area contributed by atoms with Gasteiger partial charge in [0.15, 0.2) is 0 Å². The Hall–Kier alpha value is -0.680. The molecule has 15 heavy (non-hydrogen) atoms. The molecule has 0 fully saturated rings. The Morgan fingerprint density at radius 2 is 2.07 bits per heavy atom.